The third-order valence-electron chi connectivity index (χ3n) is 5.67. The second-order valence-corrected chi connectivity index (χ2v) is 10.5. The van der Waals surface area contributed by atoms with Crippen LogP contribution in [0.2, 0.25) is 5.02 Å². The van der Waals surface area contributed by atoms with E-state index in [1.54, 1.807) is 4.31 Å². The Hall–Kier alpha value is -1.68. The lowest BCUT2D eigenvalue weighted by atomic mass is 9.74. The monoisotopic (exact) mass is 408 g/mol. The second-order valence-electron chi connectivity index (χ2n) is 8.08. The molecule has 144 valence electrons. The van der Waals surface area contributed by atoms with E-state index in [1.807, 2.05) is 18.2 Å². The Balaban J connectivity index is 1.44. The molecule has 0 radical (unpaired) electrons. The predicted molar refractivity (Wildman–Crippen MR) is 103 cm³/mol. The highest BCUT2D eigenvalue weighted by atomic mass is 35.5. The molecule has 8 nitrogen and oxygen atoms in total. The number of hydrogen-bond acceptors (Lipinski definition) is 6. The molecule has 1 aromatic carbocycles. The minimum Gasteiger partial charge on any atom is -0.339 e. The van der Waals surface area contributed by atoms with Gasteiger partial charge in [0.1, 0.15) is 0 Å². The number of nitrogens with zero attached hydrogens (tertiary/aromatic N) is 6. The van der Waals surface area contributed by atoms with Crippen molar-refractivity contribution in [1.82, 2.24) is 24.0 Å². The van der Waals surface area contributed by atoms with Gasteiger partial charge in [-0.15, -0.1) is 10.2 Å². The van der Waals surface area contributed by atoms with E-state index in [0.29, 0.717) is 19.6 Å². The van der Waals surface area contributed by atoms with Gasteiger partial charge < -0.3 is 4.90 Å². The van der Waals surface area contributed by atoms with Crippen LogP contribution in [0.1, 0.15) is 11.4 Å². The van der Waals surface area contributed by atoms with Crippen LogP contribution in [0.15, 0.2) is 18.2 Å². The van der Waals surface area contributed by atoms with E-state index < -0.39 is 10.0 Å². The summed E-state index contributed by atoms with van der Waals surface area (Å²) in [4.78, 5) is 4.39. The van der Waals surface area contributed by atoms with Gasteiger partial charge in [0.15, 0.2) is 5.82 Å². The van der Waals surface area contributed by atoms with Gasteiger partial charge in [0.2, 0.25) is 16.0 Å². The Bertz CT molecular complexity index is 1020. The molecule has 0 amide bonds. The molecule has 3 aliphatic heterocycles. The van der Waals surface area contributed by atoms with Gasteiger partial charge in [0.05, 0.1) is 18.5 Å². The van der Waals surface area contributed by atoms with Crippen LogP contribution >= 0.6 is 11.6 Å². The van der Waals surface area contributed by atoms with Crippen molar-refractivity contribution < 1.29 is 8.42 Å². The molecule has 2 saturated heterocycles. The average molecular weight is 409 g/mol. The maximum Gasteiger partial charge on any atom is 0.231 e. The summed E-state index contributed by atoms with van der Waals surface area (Å²) in [7, 11) is -1.03. The lowest BCUT2D eigenvalue weighted by Gasteiger charge is -2.59. The highest BCUT2D eigenvalue weighted by Gasteiger charge is 2.55. The number of anilines is 1. The number of sulfonamides is 1. The van der Waals surface area contributed by atoms with Crippen LogP contribution in [0, 0.1) is 5.41 Å². The molecule has 1 aromatic heterocycles. The Morgan fingerprint density at radius 3 is 2.56 bits per heavy atom. The Kier molecular flexibility index (Phi) is 3.65. The van der Waals surface area contributed by atoms with Crippen molar-refractivity contribution in [2.24, 2.45) is 5.41 Å². The summed E-state index contributed by atoms with van der Waals surface area (Å²) in [6.45, 7) is 4.30. The van der Waals surface area contributed by atoms with E-state index in [2.05, 4.69) is 31.6 Å². The molecule has 0 aliphatic carbocycles. The van der Waals surface area contributed by atoms with Gasteiger partial charge >= 0.3 is 0 Å². The molecular weight excluding hydrogens is 388 g/mol. The fourth-order valence-corrected chi connectivity index (χ4v) is 5.60. The summed E-state index contributed by atoms with van der Waals surface area (Å²) >= 11 is 6.21. The molecule has 10 heteroatoms. The van der Waals surface area contributed by atoms with Crippen molar-refractivity contribution in [3.8, 4) is 5.69 Å². The minimum atomic E-state index is -3.09. The summed E-state index contributed by atoms with van der Waals surface area (Å²) in [5.41, 5.74) is 2.26. The Morgan fingerprint density at radius 1 is 1.11 bits per heavy atom. The second kappa shape index (κ2) is 5.66. The van der Waals surface area contributed by atoms with Crippen molar-refractivity contribution in [3.05, 3.63) is 34.6 Å². The molecule has 3 aliphatic rings. The van der Waals surface area contributed by atoms with Crippen LogP contribution in [0.25, 0.3) is 5.69 Å². The maximum absolute atomic E-state index is 11.6. The molecule has 0 N–H and O–H groups in total. The van der Waals surface area contributed by atoms with Crippen LogP contribution < -0.4 is 4.90 Å². The van der Waals surface area contributed by atoms with Gasteiger partial charge in [-0.2, -0.15) is 0 Å². The third kappa shape index (κ3) is 2.75. The van der Waals surface area contributed by atoms with Crippen molar-refractivity contribution in [2.45, 2.75) is 13.1 Å². The first-order chi connectivity index (χ1) is 12.7. The number of hydrogen-bond donors (Lipinski definition) is 0. The van der Waals surface area contributed by atoms with Crippen LogP contribution in [0.4, 0.5) is 5.95 Å². The highest BCUT2D eigenvalue weighted by Crippen LogP contribution is 2.43. The highest BCUT2D eigenvalue weighted by molar-refractivity contribution is 7.88. The van der Waals surface area contributed by atoms with Crippen molar-refractivity contribution in [1.29, 1.82) is 0 Å². The van der Waals surface area contributed by atoms with Crippen LogP contribution in [-0.2, 0) is 23.1 Å². The maximum atomic E-state index is 11.6. The standard InChI is InChI=1S/C17H21ClN6O2S/c1-21-6-12-5-13(18)3-4-14(12)24-15(7-21)19-20-16(24)22-8-17(9-22)10-23(11-17)27(2,25)26/h3-5H,6-11H2,1-2H3. The summed E-state index contributed by atoms with van der Waals surface area (Å²) in [6, 6.07) is 5.92. The number of rotatable bonds is 2. The van der Waals surface area contributed by atoms with Gasteiger partial charge in [-0.05, 0) is 30.8 Å². The van der Waals surface area contributed by atoms with Gasteiger partial charge in [0.25, 0.3) is 0 Å². The van der Waals surface area contributed by atoms with Gasteiger partial charge in [-0.25, -0.2) is 12.7 Å². The molecule has 0 atom stereocenters. The number of fused-ring (bicyclic) bond motifs is 3. The molecule has 2 aromatic rings. The first-order valence-electron chi connectivity index (χ1n) is 8.86. The zero-order chi connectivity index (χ0) is 19.0. The first kappa shape index (κ1) is 17.4. The fourth-order valence-electron chi connectivity index (χ4n) is 4.39. The third-order valence-corrected chi connectivity index (χ3v) is 7.11. The topological polar surface area (TPSA) is 74.6 Å². The zero-order valence-corrected chi connectivity index (χ0v) is 16.8. The van der Waals surface area contributed by atoms with Crippen molar-refractivity contribution >= 4 is 27.6 Å². The van der Waals surface area contributed by atoms with Crippen molar-refractivity contribution in [2.75, 3.05) is 44.4 Å². The van der Waals surface area contributed by atoms with Crippen molar-refractivity contribution in [3.63, 3.8) is 0 Å². The lowest BCUT2D eigenvalue weighted by Crippen LogP contribution is -2.73. The molecule has 2 fully saturated rings. The SMILES string of the molecule is CN1Cc2cc(Cl)ccc2-n2c(nnc2N2CC3(C2)CN(S(C)(=O)=O)C3)C1. The minimum absolute atomic E-state index is 0.0554. The number of aromatic nitrogens is 3. The number of benzene rings is 1. The normalized spacial score (nSPS) is 22.0. The van der Waals surface area contributed by atoms with E-state index >= 15 is 0 Å². The van der Waals surface area contributed by atoms with E-state index in [-0.39, 0.29) is 5.41 Å². The molecule has 0 saturated carbocycles. The molecule has 1 spiro atoms. The molecule has 4 heterocycles. The largest absolute Gasteiger partial charge is 0.339 e. The van der Waals surface area contributed by atoms with Gasteiger partial charge in [-0.1, -0.05) is 11.6 Å². The molecule has 0 bridgehead atoms. The number of halogens is 1. The predicted octanol–water partition coefficient (Wildman–Crippen LogP) is 0.948. The van der Waals surface area contributed by atoms with E-state index in [9.17, 15) is 8.42 Å². The van der Waals surface area contributed by atoms with Crippen LogP contribution in [0.3, 0.4) is 0 Å². The fraction of sp³-hybridized carbons (Fsp3) is 0.529. The molecule has 27 heavy (non-hydrogen) atoms. The van der Waals surface area contributed by atoms with Gasteiger partial charge in [-0.3, -0.25) is 9.47 Å². The first-order valence-corrected chi connectivity index (χ1v) is 11.1. The summed E-state index contributed by atoms with van der Waals surface area (Å²) in [5, 5.41) is 9.60. The smallest absolute Gasteiger partial charge is 0.231 e. The summed E-state index contributed by atoms with van der Waals surface area (Å²) in [6.07, 6.45) is 1.27. The van der Waals surface area contributed by atoms with Crippen LogP contribution in [0.5, 0.6) is 0 Å². The molecule has 0 unspecified atom stereocenters. The van der Waals surface area contributed by atoms with Crippen LogP contribution in [-0.4, -0.2) is 71.9 Å². The van der Waals surface area contributed by atoms with E-state index in [0.717, 1.165) is 47.7 Å². The van der Waals surface area contributed by atoms with Gasteiger partial charge in [0, 0.05) is 43.2 Å². The van der Waals surface area contributed by atoms with E-state index in [4.69, 9.17) is 11.6 Å². The molecule has 5 rings (SSSR count). The summed E-state index contributed by atoms with van der Waals surface area (Å²) in [5.74, 6) is 1.73. The van der Waals surface area contributed by atoms with E-state index in [1.165, 1.54) is 6.26 Å². The Labute approximate surface area is 163 Å². The molecular formula is C17H21ClN6O2S. The average Bonchev–Trinajstić information content (AvgIpc) is 2.80. The lowest BCUT2D eigenvalue weighted by molar-refractivity contribution is 0.0387. The quantitative estimate of drug-likeness (QED) is 0.736. The zero-order valence-electron chi connectivity index (χ0n) is 15.3. The summed E-state index contributed by atoms with van der Waals surface area (Å²) < 4.78 is 27.0. The Morgan fingerprint density at radius 2 is 1.85 bits per heavy atom.